The number of fused-ring (bicyclic) bond motifs is 1. The Morgan fingerprint density at radius 2 is 2.14 bits per heavy atom. The fourth-order valence-corrected chi connectivity index (χ4v) is 4.70. The minimum atomic E-state index is -3.93. The molecule has 0 radical (unpaired) electrons. The van der Waals surface area contributed by atoms with E-state index in [4.69, 9.17) is 11.6 Å². The van der Waals surface area contributed by atoms with Crippen LogP contribution in [0.25, 0.3) is 11.0 Å². The lowest BCUT2D eigenvalue weighted by Crippen LogP contribution is -2.17. The van der Waals surface area contributed by atoms with Crippen LogP contribution in [0.1, 0.15) is 0 Å². The molecule has 0 atom stereocenters. The van der Waals surface area contributed by atoms with Crippen molar-refractivity contribution in [2.45, 2.75) is 5.03 Å². The molecule has 0 bridgehead atoms. The van der Waals surface area contributed by atoms with Gasteiger partial charge in [0.1, 0.15) is 11.0 Å². The van der Waals surface area contributed by atoms with Gasteiger partial charge < -0.3 is 0 Å². The first-order chi connectivity index (χ1) is 9.90. The quantitative estimate of drug-likeness (QED) is 0.710. The molecule has 1 N–H and O–H groups in total. The van der Waals surface area contributed by atoms with Gasteiger partial charge in [0.05, 0.1) is 22.4 Å². The summed E-state index contributed by atoms with van der Waals surface area (Å²) in [6.07, 6.45) is 0. The number of sulfonamides is 1. The zero-order chi connectivity index (χ0) is 15.2. The summed E-state index contributed by atoms with van der Waals surface area (Å²) in [5, 5.41) is 7.41. The molecule has 0 aliphatic heterocycles. The van der Waals surface area contributed by atoms with Crippen molar-refractivity contribution in [2.75, 3.05) is 4.72 Å². The van der Waals surface area contributed by atoms with E-state index in [9.17, 15) is 8.42 Å². The first-order valence-electron chi connectivity index (χ1n) is 5.39. The average Bonchev–Trinajstić information content (AvgIpc) is 3.00. The third kappa shape index (κ3) is 2.50. The zero-order valence-electron chi connectivity index (χ0n) is 10.3. The molecule has 3 rings (SSSR count). The van der Waals surface area contributed by atoms with Gasteiger partial charge in [0.15, 0.2) is 4.60 Å². The van der Waals surface area contributed by atoms with Crippen molar-refractivity contribution in [1.82, 2.24) is 23.7 Å². The van der Waals surface area contributed by atoms with Crippen LogP contribution in [0.15, 0.2) is 21.8 Å². The summed E-state index contributed by atoms with van der Waals surface area (Å²) >= 11 is 10.1. The van der Waals surface area contributed by atoms with Gasteiger partial charge in [0, 0.05) is 7.05 Å². The maximum Gasteiger partial charge on any atom is 0.282 e. The summed E-state index contributed by atoms with van der Waals surface area (Å²) in [6, 6.07) is 3.22. The molecule has 1 aromatic carbocycles. The standard InChI is InChI=1S/C9H6BrClN6O2S2/c1-17-9(8(10)12-16-17)21(18,19)15-6-4(11)2-3-5-7(6)14-20-13-5/h2-3,15H,1H3. The van der Waals surface area contributed by atoms with E-state index in [1.165, 1.54) is 7.05 Å². The van der Waals surface area contributed by atoms with Gasteiger partial charge >= 0.3 is 0 Å². The summed E-state index contributed by atoms with van der Waals surface area (Å²) in [4.78, 5) is 0. The normalized spacial score (nSPS) is 12.0. The number of aromatic nitrogens is 5. The van der Waals surface area contributed by atoms with Crippen LogP contribution in [0.2, 0.25) is 5.02 Å². The molecule has 2 aromatic heterocycles. The molecule has 0 aliphatic carbocycles. The number of hydrogen-bond acceptors (Lipinski definition) is 7. The third-order valence-corrected chi connectivity index (χ3v) is 5.70. The molecule has 12 heteroatoms. The summed E-state index contributed by atoms with van der Waals surface area (Å²) in [5.74, 6) is 0. The molecule has 3 aromatic rings. The van der Waals surface area contributed by atoms with Crippen LogP contribution >= 0.6 is 39.3 Å². The van der Waals surface area contributed by atoms with Gasteiger partial charge in [-0.2, -0.15) is 17.2 Å². The van der Waals surface area contributed by atoms with Gasteiger partial charge in [-0.1, -0.05) is 16.8 Å². The van der Waals surface area contributed by atoms with Crippen LogP contribution in [0, 0.1) is 0 Å². The minimum absolute atomic E-state index is 0.109. The van der Waals surface area contributed by atoms with E-state index in [-0.39, 0.29) is 20.3 Å². The molecule has 0 fully saturated rings. The van der Waals surface area contributed by atoms with E-state index >= 15 is 0 Å². The highest BCUT2D eigenvalue weighted by atomic mass is 79.9. The molecule has 0 unspecified atom stereocenters. The Morgan fingerprint density at radius 3 is 2.81 bits per heavy atom. The van der Waals surface area contributed by atoms with Crippen molar-refractivity contribution in [3.05, 3.63) is 21.8 Å². The highest BCUT2D eigenvalue weighted by Crippen LogP contribution is 2.32. The Kier molecular flexibility index (Phi) is 3.59. The Balaban J connectivity index is 2.14. The number of hydrogen-bond donors (Lipinski definition) is 1. The highest BCUT2D eigenvalue weighted by Gasteiger charge is 2.26. The van der Waals surface area contributed by atoms with Gasteiger partial charge in [0.2, 0.25) is 5.03 Å². The Morgan fingerprint density at radius 1 is 1.38 bits per heavy atom. The van der Waals surface area contributed by atoms with Gasteiger partial charge in [-0.15, -0.1) is 5.10 Å². The topological polar surface area (TPSA) is 103 Å². The number of nitrogens with zero attached hydrogens (tertiary/aromatic N) is 5. The fraction of sp³-hybridized carbons (Fsp3) is 0.111. The van der Waals surface area contributed by atoms with Crippen molar-refractivity contribution in [3.8, 4) is 0 Å². The third-order valence-electron chi connectivity index (χ3n) is 2.61. The maximum absolute atomic E-state index is 12.5. The van der Waals surface area contributed by atoms with E-state index < -0.39 is 10.0 Å². The van der Waals surface area contributed by atoms with Crippen LogP contribution < -0.4 is 4.72 Å². The summed E-state index contributed by atoms with van der Waals surface area (Å²) in [6.45, 7) is 0. The van der Waals surface area contributed by atoms with Gasteiger partial charge in [-0.25, -0.2) is 4.68 Å². The predicted octanol–water partition coefficient (Wildman–Crippen LogP) is 2.04. The first-order valence-corrected chi connectivity index (χ1v) is 8.77. The van der Waals surface area contributed by atoms with Crippen LogP contribution in [0.5, 0.6) is 0 Å². The molecule has 0 saturated carbocycles. The van der Waals surface area contributed by atoms with Crippen molar-refractivity contribution < 1.29 is 8.42 Å². The van der Waals surface area contributed by atoms with E-state index in [0.717, 1.165) is 16.4 Å². The lowest BCUT2D eigenvalue weighted by atomic mass is 10.3. The molecule has 21 heavy (non-hydrogen) atoms. The van der Waals surface area contributed by atoms with Crippen molar-refractivity contribution in [2.24, 2.45) is 7.05 Å². The lowest BCUT2D eigenvalue weighted by molar-refractivity contribution is 0.578. The van der Waals surface area contributed by atoms with Crippen LogP contribution in [0.4, 0.5) is 5.69 Å². The van der Waals surface area contributed by atoms with E-state index in [2.05, 4.69) is 39.7 Å². The number of rotatable bonds is 3. The number of halogens is 2. The van der Waals surface area contributed by atoms with Gasteiger partial charge in [0.25, 0.3) is 10.0 Å². The van der Waals surface area contributed by atoms with Gasteiger partial charge in [-0.3, -0.25) is 4.72 Å². The fourth-order valence-electron chi connectivity index (χ4n) is 1.71. The largest absolute Gasteiger partial charge is 0.282 e. The maximum atomic E-state index is 12.5. The summed E-state index contributed by atoms with van der Waals surface area (Å²) in [7, 11) is -2.46. The average molecular weight is 410 g/mol. The highest BCUT2D eigenvalue weighted by molar-refractivity contribution is 9.10. The molecule has 2 heterocycles. The summed E-state index contributed by atoms with van der Waals surface area (Å²) in [5.41, 5.74) is 1.13. The molecular formula is C9H6BrClN6O2S2. The summed E-state index contributed by atoms with van der Waals surface area (Å²) < 4.78 is 36.7. The SMILES string of the molecule is Cn1nnc(Br)c1S(=O)(=O)Nc1c(Cl)ccc2nsnc12. The minimum Gasteiger partial charge on any atom is -0.274 e. The van der Waals surface area contributed by atoms with Crippen molar-refractivity contribution in [1.29, 1.82) is 0 Å². The molecular weight excluding hydrogens is 404 g/mol. The van der Waals surface area contributed by atoms with Crippen LogP contribution in [0.3, 0.4) is 0 Å². The monoisotopic (exact) mass is 408 g/mol. The number of aryl methyl sites for hydroxylation is 1. The second-order valence-electron chi connectivity index (χ2n) is 3.97. The van der Waals surface area contributed by atoms with Crippen LogP contribution in [-0.2, 0) is 17.1 Å². The molecule has 110 valence electrons. The van der Waals surface area contributed by atoms with E-state index in [1.54, 1.807) is 12.1 Å². The lowest BCUT2D eigenvalue weighted by Gasteiger charge is -2.09. The molecule has 0 spiro atoms. The van der Waals surface area contributed by atoms with Crippen molar-refractivity contribution >= 4 is 66.0 Å². The Hall–Kier alpha value is -1.30. The predicted molar refractivity (Wildman–Crippen MR) is 81.9 cm³/mol. The molecule has 8 nitrogen and oxygen atoms in total. The smallest absolute Gasteiger partial charge is 0.274 e. The molecule has 0 aliphatic rings. The Bertz CT molecular complexity index is 918. The first kappa shape index (κ1) is 14.6. The van der Waals surface area contributed by atoms with Crippen molar-refractivity contribution in [3.63, 3.8) is 0 Å². The second-order valence-corrected chi connectivity index (χ2v) is 7.25. The number of nitrogens with one attached hydrogen (secondary N) is 1. The van der Waals surface area contributed by atoms with E-state index in [1.807, 2.05) is 0 Å². The zero-order valence-corrected chi connectivity index (χ0v) is 14.3. The number of anilines is 1. The van der Waals surface area contributed by atoms with Crippen LogP contribution in [-0.4, -0.2) is 32.2 Å². The van der Waals surface area contributed by atoms with E-state index in [0.29, 0.717) is 11.0 Å². The Labute approximate surface area is 136 Å². The second kappa shape index (κ2) is 5.16. The molecule has 0 saturated heterocycles. The number of benzene rings is 1. The molecule has 0 amide bonds. The van der Waals surface area contributed by atoms with Gasteiger partial charge in [-0.05, 0) is 28.1 Å².